The summed E-state index contributed by atoms with van der Waals surface area (Å²) in [6.07, 6.45) is 0. The highest BCUT2D eigenvalue weighted by Gasteiger charge is 2.54. The number of fused-ring (bicyclic) bond motifs is 3. The Kier molecular flexibility index (Phi) is 6.55. The number of rotatable bonds is 7. The highest BCUT2D eigenvalue weighted by molar-refractivity contribution is 5.82. The van der Waals surface area contributed by atoms with Crippen LogP contribution in [-0.4, -0.2) is 54.4 Å². The van der Waals surface area contributed by atoms with Crippen LogP contribution in [0.2, 0.25) is 0 Å². The summed E-state index contributed by atoms with van der Waals surface area (Å²) in [5.74, 6) is 0.969. The first-order valence-corrected chi connectivity index (χ1v) is 12.1. The number of aromatic nitrogens is 1. The SMILES string of the molecule is COc1cccc(CNC(=O)[C@@H]2[C@@H](CO)[C@@H]3Cn4c(ccc(-c5cccc(OC)c5)c4=O)[C@@H]3N2C)c1. The molecule has 2 N–H and O–H groups in total. The van der Waals surface area contributed by atoms with Crippen molar-refractivity contribution in [2.75, 3.05) is 27.9 Å². The van der Waals surface area contributed by atoms with Gasteiger partial charge in [-0.15, -0.1) is 0 Å². The van der Waals surface area contributed by atoms with Crippen molar-refractivity contribution in [2.24, 2.45) is 11.8 Å². The molecule has 1 aromatic heterocycles. The molecule has 8 nitrogen and oxygen atoms in total. The third-order valence-corrected chi connectivity index (χ3v) is 7.60. The van der Waals surface area contributed by atoms with E-state index in [9.17, 15) is 14.7 Å². The van der Waals surface area contributed by atoms with E-state index >= 15 is 0 Å². The predicted octanol–water partition coefficient (Wildman–Crippen LogP) is 2.44. The average Bonchev–Trinajstić information content (AvgIpc) is 3.43. The van der Waals surface area contributed by atoms with Gasteiger partial charge in [0.25, 0.3) is 5.56 Å². The van der Waals surface area contributed by atoms with Gasteiger partial charge in [0.1, 0.15) is 11.5 Å². The molecule has 0 spiro atoms. The molecule has 2 aromatic carbocycles. The van der Waals surface area contributed by atoms with Crippen LogP contribution >= 0.6 is 0 Å². The second kappa shape index (κ2) is 9.79. The molecular weight excluding hydrogens is 458 g/mol. The molecule has 1 saturated heterocycles. The molecule has 0 radical (unpaired) electrons. The van der Waals surface area contributed by atoms with Crippen molar-refractivity contribution in [3.8, 4) is 22.6 Å². The number of carbonyl (C=O) groups is 1. The Morgan fingerprint density at radius 1 is 1.06 bits per heavy atom. The van der Waals surface area contributed by atoms with Crippen molar-refractivity contribution in [3.63, 3.8) is 0 Å². The summed E-state index contributed by atoms with van der Waals surface area (Å²) in [4.78, 5) is 28.8. The molecule has 1 amide bonds. The number of carbonyl (C=O) groups excluding carboxylic acids is 1. The molecule has 2 aliphatic heterocycles. The van der Waals surface area contributed by atoms with Gasteiger partial charge in [0.2, 0.25) is 5.91 Å². The first-order valence-electron chi connectivity index (χ1n) is 12.1. The third kappa shape index (κ3) is 4.06. The molecule has 8 heteroatoms. The number of aliphatic hydroxyl groups excluding tert-OH is 1. The maximum absolute atomic E-state index is 13.5. The summed E-state index contributed by atoms with van der Waals surface area (Å²) >= 11 is 0. The minimum absolute atomic E-state index is 0.0409. The molecule has 0 bridgehead atoms. The smallest absolute Gasteiger partial charge is 0.258 e. The molecular formula is C28H31N3O5. The second-order valence-electron chi connectivity index (χ2n) is 9.45. The normalized spacial score (nSPS) is 22.7. The lowest BCUT2D eigenvalue weighted by Crippen LogP contribution is -2.46. The van der Waals surface area contributed by atoms with Crippen LogP contribution in [-0.2, 0) is 17.9 Å². The van der Waals surface area contributed by atoms with E-state index in [2.05, 4.69) is 5.32 Å². The number of ether oxygens (including phenoxy) is 2. The van der Waals surface area contributed by atoms with Gasteiger partial charge in [-0.05, 0) is 54.6 Å². The van der Waals surface area contributed by atoms with Gasteiger partial charge in [-0.2, -0.15) is 0 Å². The monoisotopic (exact) mass is 489 g/mol. The summed E-state index contributed by atoms with van der Waals surface area (Å²) in [5.41, 5.74) is 3.15. The molecule has 36 heavy (non-hydrogen) atoms. The van der Waals surface area contributed by atoms with Crippen LogP contribution in [0.5, 0.6) is 11.5 Å². The number of benzene rings is 2. The van der Waals surface area contributed by atoms with Gasteiger partial charge in [0, 0.05) is 42.8 Å². The Morgan fingerprint density at radius 2 is 1.78 bits per heavy atom. The van der Waals surface area contributed by atoms with Crippen molar-refractivity contribution in [1.29, 1.82) is 0 Å². The predicted molar refractivity (Wildman–Crippen MR) is 136 cm³/mol. The first kappa shape index (κ1) is 24.1. The number of methoxy groups -OCH3 is 2. The highest BCUT2D eigenvalue weighted by Crippen LogP contribution is 2.48. The van der Waals surface area contributed by atoms with Crippen molar-refractivity contribution in [1.82, 2.24) is 14.8 Å². The van der Waals surface area contributed by atoms with Gasteiger partial charge < -0.3 is 24.5 Å². The van der Waals surface area contributed by atoms with Crippen molar-refractivity contribution in [3.05, 3.63) is 82.3 Å². The minimum Gasteiger partial charge on any atom is -0.497 e. The number of nitrogens with zero attached hydrogens (tertiary/aromatic N) is 2. The fourth-order valence-corrected chi connectivity index (χ4v) is 5.86. The molecule has 2 aliphatic rings. The van der Waals surface area contributed by atoms with Gasteiger partial charge in [-0.25, -0.2) is 0 Å². The maximum Gasteiger partial charge on any atom is 0.258 e. The van der Waals surface area contributed by atoms with Gasteiger partial charge in [-0.3, -0.25) is 14.5 Å². The van der Waals surface area contributed by atoms with Gasteiger partial charge in [-0.1, -0.05) is 24.3 Å². The Hall–Kier alpha value is -3.62. The van der Waals surface area contributed by atoms with Gasteiger partial charge in [0.05, 0.1) is 26.3 Å². The Morgan fingerprint density at radius 3 is 2.50 bits per heavy atom. The molecule has 1 fully saturated rings. The van der Waals surface area contributed by atoms with E-state index in [1.807, 2.05) is 72.6 Å². The van der Waals surface area contributed by atoms with E-state index in [1.54, 1.807) is 18.8 Å². The zero-order valence-corrected chi connectivity index (χ0v) is 20.7. The lowest BCUT2D eigenvalue weighted by atomic mass is 9.88. The van der Waals surface area contributed by atoms with Gasteiger partial charge >= 0.3 is 0 Å². The van der Waals surface area contributed by atoms with Crippen molar-refractivity contribution in [2.45, 2.75) is 25.2 Å². The fraction of sp³-hybridized carbons (Fsp3) is 0.357. The van der Waals surface area contributed by atoms with E-state index in [1.165, 1.54) is 0 Å². The van der Waals surface area contributed by atoms with Crippen LogP contribution < -0.4 is 20.3 Å². The highest BCUT2D eigenvalue weighted by atomic mass is 16.5. The number of pyridine rings is 1. The minimum atomic E-state index is -0.488. The Balaban J connectivity index is 1.39. The largest absolute Gasteiger partial charge is 0.497 e. The lowest BCUT2D eigenvalue weighted by Gasteiger charge is -2.27. The topological polar surface area (TPSA) is 93.0 Å². The molecule has 3 aromatic rings. The number of hydrogen-bond donors (Lipinski definition) is 2. The number of amides is 1. The molecule has 0 saturated carbocycles. The van der Waals surface area contributed by atoms with Crippen molar-refractivity contribution >= 4 is 5.91 Å². The third-order valence-electron chi connectivity index (χ3n) is 7.60. The van der Waals surface area contributed by atoms with E-state index < -0.39 is 6.04 Å². The summed E-state index contributed by atoms with van der Waals surface area (Å²) in [6.45, 7) is 0.702. The van der Waals surface area contributed by atoms with Crippen LogP contribution in [0, 0.1) is 11.8 Å². The number of likely N-dealkylation sites (N-methyl/N-ethyl adjacent to an activating group) is 1. The summed E-state index contributed by atoms with van der Waals surface area (Å²) in [5, 5.41) is 13.3. The van der Waals surface area contributed by atoms with Crippen molar-refractivity contribution < 1.29 is 19.4 Å². The Bertz CT molecular complexity index is 1340. The van der Waals surface area contributed by atoms with Crippen LogP contribution in [0.1, 0.15) is 17.3 Å². The zero-order valence-electron chi connectivity index (χ0n) is 20.7. The number of nitrogens with one attached hydrogen (secondary N) is 1. The molecule has 5 rings (SSSR count). The maximum atomic E-state index is 13.5. The summed E-state index contributed by atoms with van der Waals surface area (Å²) in [7, 11) is 5.11. The number of likely N-dealkylation sites (tertiary alicyclic amines) is 1. The molecule has 4 atom stereocenters. The number of hydrogen-bond acceptors (Lipinski definition) is 6. The summed E-state index contributed by atoms with van der Waals surface area (Å²) in [6, 6.07) is 18.2. The van der Waals surface area contributed by atoms with Gasteiger partial charge in [0.15, 0.2) is 0 Å². The zero-order chi connectivity index (χ0) is 25.4. The molecule has 0 aliphatic carbocycles. The van der Waals surface area contributed by atoms with E-state index in [0.717, 1.165) is 22.6 Å². The molecule has 188 valence electrons. The van der Waals surface area contributed by atoms with Crippen LogP contribution in [0.3, 0.4) is 0 Å². The summed E-state index contributed by atoms with van der Waals surface area (Å²) < 4.78 is 12.4. The van der Waals surface area contributed by atoms with E-state index in [4.69, 9.17) is 9.47 Å². The standard InChI is InChI=1S/C28H31N3O5/c1-30-25-22(23(16-32)26(30)27(33)29-14-17-6-4-8-19(12-17)35-2)15-31-24(25)11-10-21(28(31)34)18-7-5-9-20(13-18)36-3/h4-13,22-23,25-26,32H,14-16H2,1-3H3,(H,29,33)/t22-,23-,25+,26-/m0/s1. The van der Waals surface area contributed by atoms with E-state index in [-0.39, 0.29) is 36.0 Å². The lowest BCUT2D eigenvalue weighted by molar-refractivity contribution is -0.127. The quantitative estimate of drug-likeness (QED) is 0.530. The van der Waals surface area contributed by atoms with E-state index in [0.29, 0.717) is 24.4 Å². The van der Waals surface area contributed by atoms with Crippen LogP contribution in [0.25, 0.3) is 11.1 Å². The average molecular weight is 490 g/mol. The second-order valence-corrected chi connectivity index (χ2v) is 9.45. The first-order chi connectivity index (χ1) is 17.5. The molecule has 3 heterocycles. The van der Waals surface area contributed by atoms with Crippen LogP contribution in [0.15, 0.2) is 65.5 Å². The Labute approximate surface area is 210 Å². The fourth-order valence-electron chi connectivity index (χ4n) is 5.86. The number of aliphatic hydroxyl groups is 1. The molecule has 0 unspecified atom stereocenters. The van der Waals surface area contributed by atoms with Crippen LogP contribution in [0.4, 0.5) is 0 Å².